The van der Waals surface area contributed by atoms with Gasteiger partial charge in [-0.3, -0.25) is 0 Å². The summed E-state index contributed by atoms with van der Waals surface area (Å²) in [4.78, 5) is 0. The normalized spacial score (nSPS) is 17.4. The van der Waals surface area contributed by atoms with Crippen LogP contribution in [0.15, 0.2) is 22.7 Å². The first-order valence-corrected chi connectivity index (χ1v) is 7.62. The summed E-state index contributed by atoms with van der Waals surface area (Å²) in [6, 6.07) is 7.98. The quantitative estimate of drug-likeness (QED) is 0.867. The monoisotopic (exact) mass is 337 g/mol. The van der Waals surface area contributed by atoms with Gasteiger partial charge in [-0.25, -0.2) is 0 Å². The molecule has 2 N–H and O–H groups in total. The number of rotatable bonds is 5. The van der Waals surface area contributed by atoms with Crippen molar-refractivity contribution in [2.45, 2.75) is 12.8 Å². The standard InChI is InChI=1S/C15H20BrN3O/c1-20-11-15(4-6-18-7-5-15)10-19-14-3-2-13(16)8-12(14)9-17/h2-3,8,18-19H,4-7,10-11H2,1H3. The van der Waals surface area contributed by atoms with E-state index in [1.165, 1.54) is 0 Å². The van der Waals surface area contributed by atoms with Crippen LogP contribution in [-0.2, 0) is 4.74 Å². The number of nitriles is 1. The van der Waals surface area contributed by atoms with Crippen LogP contribution in [0, 0.1) is 16.7 Å². The number of piperidine rings is 1. The van der Waals surface area contributed by atoms with Crippen LogP contribution in [0.4, 0.5) is 5.69 Å². The fourth-order valence-corrected chi connectivity index (χ4v) is 3.04. The van der Waals surface area contributed by atoms with Crippen molar-refractivity contribution in [2.24, 2.45) is 5.41 Å². The molecule has 1 aliphatic heterocycles. The van der Waals surface area contributed by atoms with Gasteiger partial charge in [-0.15, -0.1) is 0 Å². The minimum atomic E-state index is 0.153. The second-order valence-corrected chi connectivity index (χ2v) is 6.25. The maximum absolute atomic E-state index is 9.20. The Hall–Kier alpha value is -1.09. The topological polar surface area (TPSA) is 57.1 Å². The summed E-state index contributed by atoms with van der Waals surface area (Å²) in [6.07, 6.45) is 2.18. The van der Waals surface area contributed by atoms with Crippen LogP contribution in [0.5, 0.6) is 0 Å². The molecule has 1 aliphatic rings. The SMILES string of the molecule is COCC1(CNc2ccc(Br)cc2C#N)CCNCC1. The Morgan fingerprint density at radius 2 is 2.20 bits per heavy atom. The number of benzene rings is 1. The number of anilines is 1. The van der Waals surface area contributed by atoms with Crippen LogP contribution in [0.3, 0.4) is 0 Å². The number of hydrogen-bond acceptors (Lipinski definition) is 4. The van der Waals surface area contributed by atoms with Crippen LogP contribution in [0.1, 0.15) is 18.4 Å². The highest BCUT2D eigenvalue weighted by Crippen LogP contribution is 2.30. The highest BCUT2D eigenvalue weighted by Gasteiger charge is 2.32. The summed E-state index contributed by atoms with van der Waals surface area (Å²) in [7, 11) is 1.75. The van der Waals surface area contributed by atoms with Gasteiger partial charge in [0, 0.05) is 23.5 Å². The molecule has 0 bridgehead atoms. The van der Waals surface area contributed by atoms with E-state index in [-0.39, 0.29) is 5.41 Å². The second-order valence-electron chi connectivity index (χ2n) is 5.34. The number of nitrogens with zero attached hydrogens (tertiary/aromatic N) is 1. The molecule has 5 heteroatoms. The van der Waals surface area contributed by atoms with E-state index in [1.54, 1.807) is 7.11 Å². The van der Waals surface area contributed by atoms with Crippen molar-refractivity contribution < 1.29 is 4.74 Å². The first-order valence-electron chi connectivity index (χ1n) is 6.82. The van der Waals surface area contributed by atoms with E-state index >= 15 is 0 Å². The van der Waals surface area contributed by atoms with E-state index in [9.17, 15) is 5.26 Å². The van der Waals surface area contributed by atoms with Gasteiger partial charge in [-0.2, -0.15) is 5.26 Å². The zero-order valence-electron chi connectivity index (χ0n) is 11.7. The first kappa shape index (κ1) is 15.3. The molecular weight excluding hydrogens is 318 g/mol. The van der Waals surface area contributed by atoms with Crippen molar-refractivity contribution in [3.8, 4) is 6.07 Å². The number of hydrogen-bond donors (Lipinski definition) is 2. The van der Waals surface area contributed by atoms with Gasteiger partial charge in [0.15, 0.2) is 0 Å². The molecule has 0 amide bonds. The molecule has 0 atom stereocenters. The lowest BCUT2D eigenvalue weighted by Gasteiger charge is -2.37. The molecule has 0 spiro atoms. The minimum Gasteiger partial charge on any atom is -0.384 e. The predicted molar refractivity (Wildman–Crippen MR) is 83.8 cm³/mol. The number of halogens is 1. The van der Waals surface area contributed by atoms with Gasteiger partial charge in [0.1, 0.15) is 6.07 Å². The van der Waals surface area contributed by atoms with Gasteiger partial charge in [0.25, 0.3) is 0 Å². The maximum Gasteiger partial charge on any atom is 0.101 e. The van der Waals surface area contributed by atoms with Crippen molar-refractivity contribution in [2.75, 3.05) is 38.7 Å². The van der Waals surface area contributed by atoms with Gasteiger partial charge in [0.2, 0.25) is 0 Å². The molecule has 0 aromatic heterocycles. The van der Waals surface area contributed by atoms with E-state index in [0.29, 0.717) is 5.56 Å². The largest absolute Gasteiger partial charge is 0.384 e. The van der Waals surface area contributed by atoms with E-state index < -0.39 is 0 Å². The van der Waals surface area contributed by atoms with Crippen molar-refractivity contribution >= 4 is 21.6 Å². The first-order chi connectivity index (χ1) is 9.69. The molecule has 1 fully saturated rings. The van der Waals surface area contributed by atoms with Gasteiger partial charge in [0.05, 0.1) is 17.9 Å². The van der Waals surface area contributed by atoms with Crippen molar-refractivity contribution in [3.63, 3.8) is 0 Å². The van der Waals surface area contributed by atoms with E-state index in [1.807, 2.05) is 18.2 Å². The van der Waals surface area contributed by atoms with E-state index in [0.717, 1.165) is 49.2 Å². The van der Waals surface area contributed by atoms with Crippen LogP contribution in [-0.4, -0.2) is 33.4 Å². The molecule has 4 nitrogen and oxygen atoms in total. The zero-order valence-corrected chi connectivity index (χ0v) is 13.3. The summed E-state index contributed by atoms with van der Waals surface area (Å²) in [5.74, 6) is 0. The molecule has 108 valence electrons. The van der Waals surface area contributed by atoms with Gasteiger partial charge < -0.3 is 15.4 Å². The summed E-state index contributed by atoms with van der Waals surface area (Å²) in [5, 5.41) is 16.0. The van der Waals surface area contributed by atoms with Gasteiger partial charge >= 0.3 is 0 Å². The van der Waals surface area contributed by atoms with Gasteiger partial charge in [-0.1, -0.05) is 15.9 Å². The molecule has 1 heterocycles. The van der Waals surface area contributed by atoms with Crippen LogP contribution in [0.25, 0.3) is 0 Å². The predicted octanol–water partition coefficient (Wildman–Crippen LogP) is 2.75. The summed E-state index contributed by atoms with van der Waals surface area (Å²) in [6.45, 7) is 3.63. The Balaban J connectivity index is 2.08. The van der Waals surface area contributed by atoms with Crippen LogP contribution in [0.2, 0.25) is 0 Å². The third-order valence-electron chi connectivity index (χ3n) is 3.87. The molecule has 0 radical (unpaired) electrons. The number of nitrogens with one attached hydrogen (secondary N) is 2. The molecular formula is C15H20BrN3O. The fraction of sp³-hybridized carbons (Fsp3) is 0.533. The number of ether oxygens (including phenoxy) is 1. The lowest BCUT2D eigenvalue weighted by molar-refractivity contribution is 0.0636. The van der Waals surface area contributed by atoms with Crippen molar-refractivity contribution in [1.82, 2.24) is 5.32 Å². The van der Waals surface area contributed by atoms with Crippen LogP contribution < -0.4 is 10.6 Å². The Labute approximate surface area is 128 Å². The zero-order chi connectivity index (χ0) is 14.4. The van der Waals surface area contributed by atoms with Gasteiger partial charge in [-0.05, 0) is 44.1 Å². The fourth-order valence-electron chi connectivity index (χ4n) is 2.68. The molecule has 2 rings (SSSR count). The molecule has 0 aliphatic carbocycles. The van der Waals surface area contributed by atoms with Crippen molar-refractivity contribution in [1.29, 1.82) is 5.26 Å². The third kappa shape index (κ3) is 3.72. The van der Waals surface area contributed by atoms with Crippen molar-refractivity contribution in [3.05, 3.63) is 28.2 Å². The Bertz CT molecular complexity index is 487. The van der Waals surface area contributed by atoms with E-state index in [2.05, 4.69) is 32.6 Å². The van der Waals surface area contributed by atoms with E-state index in [4.69, 9.17) is 4.74 Å². The smallest absolute Gasteiger partial charge is 0.101 e. The highest BCUT2D eigenvalue weighted by molar-refractivity contribution is 9.10. The summed E-state index contributed by atoms with van der Waals surface area (Å²) < 4.78 is 6.33. The second kappa shape index (κ2) is 7.07. The van der Waals surface area contributed by atoms with Crippen LogP contribution >= 0.6 is 15.9 Å². The molecule has 1 aromatic carbocycles. The highest BCUT2D eigenvalue weighted by atomic mass is 79.9. The molecule has 1 aromatic rings. The molecule has 0 unspecified atom stereocenters. The average molecular weight is 338 g/mol. The summed E-state index contributed by atoms with van der Waals surface area (Å²) in [5.41, 5.74) is 1.71. The minimum absolute atomic E-state index is 0.153. The molecule has 20 heavy (non-hydrogen) atoms. The molecule has 1 saturated heterocycles. The maximum atomic E-state index is 9.20. The Morgan fingerprint density at radius 3 is 2.85 bits per heavy atom. The third-order valence-corrected chi connectivity index (χ3v) is 4.36. The number of methoxy groups -OCH3 is 1. The molecule has 0 saturated carbocycles. The lowest BCUT2D eigenvalue weighted by Crippen LogP contribution is -2.44. The summed E-state index contributed by atoms with van der Waals surface area (Å²) >= 11 is 3.39. The Morgan fingerprint density at radius 1 is 1.45 bits per heavy atom. The Kier molecular flexibility index (Phi) is 5.41. The average Bonchev–Trinajstić information content (AvgIpc) is 2.47. The lowest BCUT2D eigenvalue weighted by atomic mass is 9.79.